The van der Waals surface area contributed by atoms with Crippen LogP contribution in [0.4, 0.5) is 5.13 Å². The van der Waals surface area contributed by atoms with E-state index in [4.69, 9.17) is 4.74 Å². The fraction of sp³-hybridized carbons (Fsp3) is 0.556. The Kier molecular flexibility index (Phi) is 5.88. The molecule has 2 aromatic rings. The third-order valence-electron chi connectivity index (χ3n) is 4.42. The number of hydrogen-bond donors (Lipinski definition) is 1. The third-order valence-corrected chi connectivity index (χ3v) is 5.36. The minimum atomic E-state index is 0.00193. The molecule has 1 amide bonds. The molecular weight excluding hydrogens is 336 g/mol. The van der Waals surface area contributed by atoms with Crippen molar-refractivity contribution in [1.82, 2.24) is 14.8 Å². The lowest BCUT2D eigenvalue weighted by atomic mass is 10.2. The van der Waals surface area contributed by atoms with Gasteiger partial charge in [-0.2, -0.15) is 0 Å². The quantitative estimate of drug-likeness (QED) is 0.856. The zero-order chi connectivity index (χ0) is 17.8. The molecule has 0 radical (unpaired) electrons. The van der Waals surface area contributed by atoms with E-state index in [0.717, 1.165) is 42.1 Å². The van der Waals surface area contributed by atoms with E-state index in [1.807, 2.05) is 25.1 Å². The highest BCUT2D eigenvalue weighted by Crippen LogP contribution is 2.29. The summed E-state index contributed by atoms with van der Waals surface area (Å²) < 4.78 is 6.53. The average Bonchev–Trinajstić information content (AvgIpc) is 2.96. The van der Waals surface area contributed by atoms with Gasteiger partial charge in [-0.25, -0.2) is 4.98 Å². The van der Waals surface area contributed by atoms with Gasteiger partial charge in [-0.3, -0.25) is 14.6 Å². The Morgan fingerprint density at radius 2 is 2.08 bits per heavy atom. The number of anilines is 1. The van der Waals surface area contributed by atoms with Crippen molar-refractivity contribution >= 4 is 32.6 Å². The highest BCUT2D eigenvalue weighted by molar-refractivity contribution is 7.22. The van der Waals surface area contributed by atoms with Gasteiger partial charge in [0.15, 0.2) is 5.13 Å². The number of piperazine rings is 1. The maximum Gasteiger partial charge on any atom is 0.240 e. The second-order valence-corrected chi connectivity index (χ2v) is 7.57. The van der Waals surface area contributed by atoms with Crippen LogP contribution in [0.5, 0.6) is 5.75 Å². The molecule has 6 nitrogen and oxygen atoms in total. The Morgan fingerprint density at radius 1 is 1.32 bits per heavy atom. The van der Waals surface area contributed by atoms with Crippen molar-refractivity contribution in [2.75, 3.05) is 44.6 Å². The molecular formula is C18H26N4O2S. The molecule has 3 rings (SSSR count). The molecule has 1 aromatic carbocycles. The van der Waals surface area contributed by atoms with Crippen LogP contribution in [0.1, 0.15) is 20.8 Å². The maximum atomic E-state index is 12.3. The smallest absolute Gasteiger partial charge is 0.240 e. The molecule has 0 unspecified atom stereocenters. The maximum absolute atomic E-state index is 12.3. The Morgan fingerprint density at radius 3 is 2.76 bits per heavy atom. The van der Waals surface area contributed by atoms with E-state index in [1.165, 1.54) is 11.3 Å². The predicted molar refractivity (Wildman–Crippen MR) is 103 cm³/mol. The number of ether oxygens (including phenoxy) is 1. The number of hydrogen-bond acceptors (Lipinski definition) is 6. The first kappa shape index (κ1) is 18.1. The number of aromatic nitrogens is 1. The van der Waals surface area contributed by atoms with Gasteiger partial charge in [-0.15, -0.1) is 0 Å². The molecule has 0 atom stereocenters. The van der Waals surface area contributed by atoms with Gasteiger partial charge in [0.1, 0.15) is 5.75 Å². The minimum Gasteiger partial charge on any atom is -0.494 e. The predicted octanol–water partition coefficient (Wildman–Crippen LogP) is 2.66. The Hall–Kier alpha value is -1.70. The fourth-order valence-corrected chi connectivity index (χ4v) is 3.93. The average molecular weight is 362 g/mol. The van der Waals surface area contributed by atoms with E-state index in [9.17, 15) is 4.79 Å². The first-order valence-corrected chi connectivity index (χ1v) is 9.66. The molecule has 1 aliphatic heterocycles. The first-order valence-electron chi connectivity index (χ1n) is 8.85. The van der Waals surface area contributed by atoms with Crippen molar-refractivity contribution in [3.05, 3.63) is 18.2 Å². The van der Waals surface area contributed by atoms with Crippen molar-refractivity contribution in [2.45, 2.75) is 26.8 Å². The number of thiazole rings is 1. The number of carbonyl (C=O) groups excluding carboxylic acids is 1. The molecule has 1 fully saturated rings. The molecule has 1 aliphatic rings. The van der Waals surface area contributed by atoms with Crippen LogP contribution in [0.15, 0.2) is 18.2 Å². The molecule has 0 aliphatic carbocycles. The van der Waals surface area contributed by atoms with E-state index in [0.29, 0.717) is 24.3 Å². The molecule has 7 heteroatoms. The SMILES string of the molecule is CCOc1ccc2nc(NC(=O)CN3CCN(C(C)C)CC3)sc2c1. The normalized spacial score (nSPS) is 16.5. The molecule has 0 bridgehead atoms. The minimum absolute atomic E-state index is 0.00193. The zero-order valence-electron chi connectivity index (χ0n) is 15.1. The van der Waals surface area contributed by atoms with Crippen molar-refractivity contribution in [2.24, 2.45) is 0 Å². The highest BCUT2D eigenvalue weighted by atomic mass is 32.1. The van der Waals surface area contributed by atoms with Crippen LogP contribution in [0.25, 0.3) is 10.2 Å². The van der Waals surface area contributed by atoms with Gasteiger partial charge in [0.05, 0.1) is 23.4 Å². The Bertz CT molecular complexity index is 723. The first-order chi connectivity index (χ1) is 12.0. The summed E-state index contributed by atoms with van der Waals surface area (Å²) in [4.78, 5) is 21.4. The van der Waals surface area contributed by atoms with Gasteiger partial charge in [-0.05, 0) is 39.0 Å². The van der Waals surface area contributed by atoms with Gasteiger partial charge in [-0.1, -0.05) is 11.3 Å². The van der Waals surface area contributed by atoms with Gasteiger partial charge < -0.3 is 10.1 Å². The van der Waals surface area contributed by atoms with Crippen LogP contribution < -0.4 is 10.1 Å². The summed E-state index contributed by atoms with van der Waals surface area (Å²) in [5, 5.41) is 3.58. The molecule has 0 saturated carbocycles. The summed E-state index contributed by atoms with van der Waals surface area (Å²) in [5.74, 6) is 0.835. The molecule has 25 heavy (non-hydrogen) atoms. The van der Waals surface area contributed by atoms with Crippen molar-refractivity contribution in [1.29, 1.82) is 0 Å². The van der Waals surface area contributed by atoms with E-state index in [1.54, 1.807) is 0 Å². The summed E-state index contributed by atoms with van der Waals surface area (Å²) in [7, 11) is 0. The molecule has 2 heterocycles. The standard InChI is InChI=1S/C18H26N4O2S/c1-4-24-14-5-6-15-16(11-14)25-18(19-15)20-17(23)12-21-7-9-22(10-8-21)13(2)3/h5-6,11,13H,4,7-10,12H2,1-3H3,(H,19,20,23). The van der Waals surface area contributed by atoms with Crippen molar-refractivity contribution in [3.8, 4) is 5.75 Å². The number of nitrogens with one attached hydrogen (secondary N) is 1. The molecule has 1 aromatic heterocycles. The van der Waals surface area contributed by atoms with Crippen LogP contribution in [-0.4, -0.2) is 66.1 Å². The highest BCUT2D eigenvalue weighted by Gasteiger charge is 2.20. The van der Waals surface area contributed by atoms with Gasteiger partial charge in [0, 0.05) is 32.2 Å². The summed E-state index contributed by atoms with van der Waals surface area (Å²) in [5.41, 5.74) is 0.884. The topological polar surface area (TPSA) is 57.7 Å². The van der Waals surface area contributed by atoms with Crippen LogP contribution in [-0.2, 0) is 4.79 Å². The van der Waals surface area contributed by atoms with Gasteiger partial charge in [0.25, 0.3) is 0 Å². The van der Waals surface area contributed by atoms with Crippen LogP contribution in [0, 0.1) is 0 Å². The summed E-state index contributed by atoms with van der Waals surface area (Å²) in [6.07, 6.45) is 0. The van der Waals surface area contributed by atoms with E-state index < -0.39 is 0 Å². The molecule has 1 N–H and O–H groups in total. The van der Waals surface area contributed by atoms with E-state index in [2.05, 4.69) is 33.9 Å². The monoisotopic (exact) mass is 362 g/mol. The number of fused-ring (bicyclic) bond motifs is 1. The number of benzene rings is 1. The number of nitrogens with zero attached hydrogens (tertiary/aromatic N) is 3. The number of rotatable bonds is 6. The van der Waals surface area contributed by atoms with E-state index >= 15 is 0 Å². The van der Waals surface area contributed by atoms with E-state index in [-0.39, 0.29) is 5.91 Å². The van der Waals surface area contributed by atoms with Crippen LogP contribution >= 0.6 is 11.3 Å². The summed E-state index contributed by atoms with van der Waals surface area (Å²) >= 11 is 1.48. The molecule has 1 saturated heterocycles. The summed E-state index contributed by atoms with van der Waals surface area (Å²) in [6, 6.07) is 6.38. The van der Waals surface area contributed by atoms with Crippen LogP contribution in [0.3, 0.4) is 0 Å². The second-order valence-electron chi connectivity index (χ2n) is 6.54. The lowest BCUT2D eigenvalue weighted by Gasteiger charge is -2.36. The third kappa shape index (κ3) is 4.68. The zero-order valence-corrected chi connectivity index (χ0v) is 15.9. The van der Waals surface area contributed by atoms with Crippen molar-refractivity contribution < 1.29 is 9.53 Å². The lowest BCUT2D eigenvalue weighted by molar-refractivity contribution is -0.117. The molecule has 0 spiro atoms. The fourth-order valence-electron chi connectivity index (χ4n) is 3.01. The Labute approximate surface area is 152 Å². The number of amides is 1. The second kappa shape index (κ2) is 8.12. The largest absolute Gasteiger partial charge is 0.494 e. The summed E-state index contributed by atoms with van der Waals surface area (Å²) in [6.45, 7) is 11.4. The number of carbonyl (C=O) groups is 1. The van der Waals surface area contributed by atoms with Gasteiger partial charge >= 0.3 is 0 Å². The Balaban J connectivity index is 1.55. The van der Waals surface area contributed by atoms with Crippen LogP contribution in [0.2, 0.25) is 0 Å². The lowest BCUT2D eigenvalue weighted by Crippen LogP contribution is -2.50. The van der Waals surface area contributed by atoms with Crippen molar-refractivity contribution in [3.63, 3.8) is 0 Å². The molecule has 136 valence electrons. The van der Waals surface area contributed by atoms with Gasteiger partial charge in [0.2, 0.25) is 5.91 Å².